The fourth-order valence-electron chi connectivity index (χ4n) is 1.97. The Labute approximate surface area is 126 Å². The lowest BCUT2D eigenvalue weighted by Gasteiger charge is -2.37. The molecule has 21 heavy (non-hydrogen) atoms. The van der Waals surface area contributed by atoms with Gasteiger partial charge in [-0.05, 0) is 24.3 Å². The van der Waals surface area contributed by atoms with Crippen molar-refractivity contribution in [2.24, 2.45) is 0 Å². The van der Waals surface area contributed by atoms with E-state index in [-0.39, 0.29) is 5.75 Å². The van der Waals surface area contributed by atoms with Crippen molar-refractivity contribution >= 4 is 28.0 Å². The number of alkyl halides is 3. The molecule has 0 aromatic heterocycles. The summed E-state index contributed by atoms with van der Waals surface area (Å²) in [4.78, 5) is 11.7. The molecule has 1 aliphatic rings. The molecule has 1 aliphatic heterocycles. The Balaban J connectivity index is 2.69. The maximum atomic E-state index is 13.4. The van der Waals surface area contributed by atoms with Gasteiger partial charge in [-0.15, -0.1) is 0 Å². The molecule has 1 atom stereocenters. The van der Waals surface area contributed by atoms with Crippen LogP contribution in [-0.2, 0) is 14.3 Å². The lowest BCUT2D eigenvalue weighted by Crippen LogP contribution is -2.56. The highest BCUT2D eigenvalue weighted by molar-refractivity contribution is 9.10. The summed E-state index contributed by atoms with van der Waals surface area (Å²) in [5, 5.41) is 0. The zero-order valence-electron chi connectivity index (χ0n) is 11.0. The molecule has 0 fully saturated rings. The van der Waals surface area contributed by atoms with Crippen molar-refractivity contribution in [2.45, 2.75) is 12.0 Å². The lowest BCUT2D eigenvalue weighted by molar-refractivity contribution is -0.326. The molecule has 0 amide bonds. The first-order valence-corrected chi connectivity index (χ1v) is 6.45. The molecule has 4 nitrogen and oxygen atoms in total. The van der Waals surface area contributed by atoms with E-state index in [4.69, 9.17) is 4.74 Å². The second-order valence-corrected chi connectivity index (χ2v) is 5.07. The van der Waals surface area contributed by atoms with E-state index in [0.29, 0.717) is 10.0 Å². The number of esters is 1. The number of benzene rings is 1. The van der Waals surface area contributed by atoms with Gasteiger partial charge in [0.05, 0.1) is 7.11 Å². The normalized spacial score (nSPS) is 21.1. The van der Waals surface area contributed by atoms with E-state index in [1.807, 2.05) is 0 Å². The third kappa shape index (κ3) is 2.53. The molecule has 0 spiro atoms. The predicted octanol–water partition coefficient (Wildman–Crippen LogP) is 3.30. The number of ether oxygens (including phenoxy) is 3. The van der Waals surface area contributed by atoms with Gasteiger partial charge in [0.2, 0.25) is 0 Å². The molecule has 0 N–H and O–H groups in total. The summed E-state index contributed by atoms with van der Waals surface area (Å²) in [6, 6.07) is 4.39. The first-order chi connectivity index (χ1) is 9.75. The molecule has 0 saturated carbocycles. The standard InChI is InChI=1S/C13H10BrF3O4/c1-19-11(18)9-6-7-5-8(14)3-4-10(7)21-12(9,20-2)13(15,16)17/h3-6H,1-2H3/t12-/m0/s1. The third-order valence-corrected chi connectivity index (χ3v) is 3.44. The van der Waals surface area contributed by atoms with Crippen LogP contribution in [0.5, 0.6) is 5.75 Å². The Morgan fingerprint density at radius 1 is 1.33 bits per heavy atom. The van der Waals surface area contributed by atoms with Gasteiger partial charge in [0, 0.05) is 17.1 Å². The Morgan fingerprint density at radius 3 is 2.52 bits per heavy atom. The lowest BCUT2D eigenvalue weighted by atomic mass is 9.98. The summed E-state index contributed by atoms with van der Waals surface area (Å²) < 4.78 is 54.8. The summed E-state index contributed by atoms with van der Waals surface area (Å²) in [6.07, 6.45) is -3.92. The molecule has 0 bridgehead atoms. The first-order valence-electron chi connectivity index (χ1n) is 5.66. The number of carbonyl (C=O) groups is 1. The SMILES string of the molecule is COC(=O)C1=Cc2cc(Br)ccc2O[C@]1(OC)C(F)(F)F. The van der Waals surface area contributed by atoms with Crippen LogP contribution in [0, 0.1) is 0 Å². The molecule has 1 heterocycles. The van der Waals surface area contributed by atoms with Crippen molar-refractivity contribution in [2.75, 3.05) is 14.2 Å². The van der Waals surface area contributed by atoms with Gasteiger partial charge in [-0.1, -0.05) is 15.9 Å². The average molecular weight is 367 g/mol. The van der Waals surface area contributed by atoms with Crippen molar-refractivity contribution in [1.29, 1.82) is 0 Å². The number of halogens is 4. The van der Waals surface area contributed by atoms with Gasteiger partial charge in [0.1, 0.15) is 11.3 Å². The fourth-order valence-corrected chi connectivity index (χ4v) is 2.35. The Hall–Kier alpha value is -1.54. The summed E-state index contributed by atoms with van der Waals surface area (Å²) in [5.74, 6) is -4.43. The molecule has 1 aromatic rings. The van der Waals surface area contributed by atoms with Gasteiger partial charge in [0.25, 0.3) is 0 Å². The molecule has 1 aromatic carbocycles. The van der Waals surface area contributed by atoms with Crippen molar-refractivity contribution in [1.82, 2.24) is 0 Å². The summed E-state index contributed by atoms with van der Waals surface area (Å²) in [5.41, 5.74) is -0.465. The smallest absolute Gasteiger partial charge is 0.460 e. The third-order valence-electron chi connectivity index (χ3n) is 2.95. The van der Waals surface area contributed by atoms with E-state index in [9.17, 15) is 18.0 Å². The van der Waals surface area contributed by atoms with Crippen LogP contribution >= 0.6 is 15.9 Å². The highest BCUT2D eigenvalue weighted by Gasteiger charge is 2.64. The molecule has 2 rings (SSSR count). The monoisotopic (exact) mass is 366 g/mol. The topological polar surface area (TPSA) is 44.8 Å². The van der Waals surface area contributed by atoms with Gasteiger partial charge in [-0.3, -0.25) is 0 Å². The van der Waals surface area contributed by atoms with Crippen LogP contribution in [0.25, 0.3) is 6.08 Å². The number of rotatable bonds is 2. The van der Waals surface area contributed by atoms with Crippen LogP contribution in [0.3, 0.4) is 0 Å². The molecule has 8 heteroatoms. The number of methoxy groups -OCH3 is 2. The first kappa shape index (κ1) is 15.8. The van der Waals surface area contributed by atoms with E-state index >= 15 is 0 Å². The number of hydrogen-bond acceptors (Lipinski definition) is 4. The average Bonchev–Trinajstić information content (AvgIpc) is 2.43. The minimum atomic E-state index is -4.97. The van der Waals surface area contributed by atoms with E-state index < -0.39 is 23.5 Å². The maximum Gasteiger partial charge on any atom is 0.460 e. The van der Waals surface area contributed by atoms with Gasteiger partial charge < -0.3 is 14.2 Å². The largest absolute Gasteiger partial charge is 0.465 e. The number of carbonyl (C=O) groups excluding carboxylic acids is 1. The van der Waals surface area contributed by atoms with Crippen molar-refractivity contribution < 1.29 is 32.2 Å². The van der Waals surface area contributed by atoms with Crippen molar-refractivity contribution in [3.8, 4) is 5.75 Å². The molecular weight excluding hydrogens is 357 g/mol. The quantitative estimate of drug-likeness (QED) is 0.753. The van der Waals surface area contributed by atoms with Crippen LogP contribution in [0.15, 0.2) is 28.2 Å². The van der Waals surface area contributed by atoms with Crippen LogP contribution in [0.1, 0.15) is 5.56 Å². The molecular formula is C13H10BrF3O4. The van der Waals surface area contributed by atoms with Crippen molar-refractivity contribution in [3.63, 3.8) is 0 Å². The van der Waals surface area contributed by atoms with Crippen LogP contribution in [0.4, 0.5) is 13.2 Å². The van der Waals surface area contributed by atoms with Crippen LogP contribution in [-0.4, -0.2) is 32.2 Å². The predicted molar refractivity (Wildman–Crippen MR) is 70.6 cm³/mol. The Bertz CT molecular complexity index is 612. The minimum Gasteiger partial charge on any atom is -0.465 e. The highest BCUT2D eigenvalue weighted by Crippen LogP contribution is 2.46. The zero-order valence-corrected chi connectivity index (χ0v) is 12.5. The maximum absolute atomic E-state index is 13.4. The van der Waals surface area contributed by atoms with E-state index in [0.717, 1.165) is 20.3 Å². The Morgan fingerprint density at radius 2 is 2.00 bits per heavy atom. The Kier molecular flexibility index (Phi) is 4.03. The zero-order chi connectivity index (χ0) is 15.8. The number of hydrogen-bond donors (Lipinski definition) is 0. The van der Waals surface area contributed by atoms with Gasteiger partial charge in [-0.25, -0.2) is 4.79 Å². The molecule has 114 valence electrons. The summed E-state index contributed by atoms with van der Waals surface area (Å²) in [7, 11) is 1.80. The van der Waals surface area contributed by atoms with Crippen molar-refractivity contribution in [3.05, 3.63) is 33.8 Å². The second-order valence-electron chi connectivity index (χ2n) is 4.15. The second kappa shape index (κ2) is 5.34. The van der Waals surface area contributed by atoms with Gasteiger partial charge >= 0.3 is 17.9 Å². The summed E-state index contributed by atoms with van der Waals surface area (Å²) in [6.45, 7) is 0. The number of fused-ring (bicyclic) bond motifs is 1. The van der Waals surface area contributed by atoms with E-state index in [1.165, 1.54) is 18.2 Å². The van der Waals surface area contributed by atoms with E-state index in [2.05, 4.69) is 25.4 Å². The molecule has 0 saturated heterocycles. The molecule has 0 radical (unpaired) electrons. The highest BCUT2D eigenvalue weighted by atomic mass is 79.9. The van der Waals surface area contributed by atoms with Crippen LogP contribution in [0.2, 0.25) is 0 Å². The van der Waals surface area contributed by atoms with Gasteiger partial charge in [-0.2, -0.15) is 13.2 Å². The summed E-state index contributed by atoms with van der Waals surface area (Å²) >= 11 is 3.20. The minimum absolute atomic E-state index is 0.0509. The van der Waals surface area contributed by atoms with Crippen LogP contribution < -0.4 is 4.74 Å². The van der Waals surface area contributed by atoms with E-state index in [1.54, 1.807) is 0 Å². The molecule has 0 unspecified atom stereocenters. The fraction of sp³-hybridized carbons (Fsp3) is 0.308. The molecule has 0 aliphatic carbocycles. The van der Waals surface area contributed by atoms with Gasteiger partial charge in [0.15, 0.2) is 0 Å².